The van der Waals surface area contributed by atoms with Gasteiger partial charge in [0.1, 0.15) is 0 Å². The smallest absolute Gasteiger partial charge is 0.338 e. The highest BCUT2D eigenvalue weighted by Crippen LogP contribution is 2.36. The zero-order valence-electron chi connectivity index (χ0n) is 11.6. The molecule has 1 aromatic heterocycles. The van der Waals surface area contributed by atoms with Crippen molar-refractivity contribution < 1.29 is 14.5 Å². The monoisotopic (exact) mass is 313 g/mol. The Hall–Kier alpha value is -2.73. The van der Waals surface area contributed by atoms with Gasteiger partial charge in [-0.3, -0.25) is 10.1 Å². The quantitative estimate of drug-likeness (QED) is 0.411. The standard InChI is InChI=1S/C16H11NO4S/c1-21-16(18)13-9-11(17(19)20)6-7-12(13)15-8-10-4-2-3-5-14(10)22-15/h2-9H,1H3. The number of rotatable bonds is 3. The van der Waals surface area contributed by atoms with Crippen molar-refractivity contribution in [3.63, 3.8) is 0 Å². The molecule has 6 heteroatoms. The predicted molar refractivity (Wildman–Crippen MR) is 85.3 cm³/mol. The summed E-state index contributed by atoms with van der Waals surface area (Å²) in [6, 6.07) is 14.1. The van der Waals surface area contributed by atoms with Crippen LogP contribution in [0.1, 0.15) is 10.4 Å². The van der Waals surface area contributed by atoms with Crippen molar-refractivity contribution in [2.75, 3.05) is 7.11 Å². The third kappa shape index (κ3) is 2.44. The molecule has 5 nitrogen and oxygen atoms in total. The molecule has 0 unspecified atom stereocenters. The highest BCUT2D eigenvalue weighted by atomic mass is 32.1. The Morgan fingerprint density at radius 3 is 2.64 bits per heavy atom. The molecule has 0 aliphatic carbocycles. The van der Waals surface area contributed by atoms with Crippen molar-refractivity contribution in [3.05, 3.63) is 64.2 Å². The van der Waals surface area contributed by atoms with Gasteiger partial charge in [-0.2, -0.15) is 0 Å². The largest absolute Gasteiger partial charge is 0.465 e. The summed E-state index contributed by atoms with van der Waals surface area (Å²) in [6.07, 6.45) is 0. The Kier molecular flexibility index (Phi) is 3.60. The fourth-order valence-electron chi connectivity index (χ4n) is 2.25. The Morgan fingerprint density at radius 2 is 1.95 bits per heavy atom. The molecule has 0 amide bonds. The van der Waals surface area contributed by atoms with Gasteiger partial charge in [0.25, 0.3) is 5.69 Å². The number of benzene rings is 2. The fraction of sp³-hybridized carbons (Fsp3) is 0.0625. The van der Waals surface area contributed by atoms with Crippen molar-refractivity contribution in [2.24, 2.45) is 0 Å². The zero-order valence-corrected chi connectivity index (χ0v) is 12.4. The van der Waals surface area contributed by atoms with E-state index in [-0.39, 0.29) is 11.3 Å². The number of hydrogen-bond donors (Lipinski definition) is 0. The van der Waals surface area contributed by atoms with Gasteiger partial charge in [0.15, 0.2) is 0 Å². The van der Waals surface area contributed by atoms with E-state index >= 15 is 0 Å². The van der Waals surface area contributed by atoms with Crippen LogP contribution in [0.25, 0.3) is 20.5 Å². The molecule has 0 radical (unpaired) electrons. The molecular formula is C16H11NO4S. The Bertz CT molecular complexity index is 852. The first-order chi connectivity index (χ1) is 10.6. The lowest BCUT2D eigenvalue weighted by Gasteiger charge is -2.05. The maximum Gasteiger partial charge on any atom is 0.338 e. The maximum absolute atomic E-state index is 12.0. The first-order valence-electron chi connectivity index (χ1n) is 6.46. The van der Waals surface area contributed by atoms with Crippen LogP contribution in [0.4, 0.5) is 5.69 Å². The number of methoxy groups -OCH3 is 1. The molecule has 0 saturated heterocycles. The molecule has 3 aromatic rings. The number of carbonyl (C=O) groups is 1. The molecule has 0 bridgehead atoms. The second-order valence-corrected chi connectivity index (χ2v) is 5.71. The number of thiophene rings is 1. The van der Waals surface area contributed by atoms with Crippen molar-refractivity contribution in [1.82, 2.24) is 0 Å². The molecule has 0 aliphatic heterocycles. The number of ether oxygens (including phenoxy) is 1. The number of non-ortho nitro benzene ring substituents is 1. The van der Waals surface area contributed by atoms with Crippen LogP contribution in [-0.4, -0.2) is 18.0 Å². The predicted octanol–water partition coefficient (Wildman–Crippen LogP) is 4.26. The molecule has 0 spiro atoms. The molecule has 110 valence electrons. The van der Waals surface area contributed by atoms with Crippen LogP contribution in [0, 0.1) is 10.1 Å². The molecule has 0 fully saturated rings. The molecule has 3 rings (SSSR count). The van der Waals surface area contributed by atoms with Gasteiger partial charge in [0, 0.05) is 27.3 Å². The molecule has 0 aliphatic rings. The van der Waals surface area contributed by atoms with Crippen LogP contribution in [0.3, 0.4) is 0 Å². The fourth-order valence-corrected chi connectivity index (χ4v) is 3.36. The first-order valence-corrected chi connectivity index (χ1v) is 7.27. The number of fused-ring (bicyclic) bond motifs is 1. The minimum absolute atomic E-state index is 0.134. The average Bonchev–Trinajstić information content (AvgIpc) is 2.97. The Morgan fingerprint density at radius 1 is 1.18 bits per heavy atom. The summed E-state index contributed by atoms with van der Waals surface area (Å²) in [5.74, 6) is -0.587. The topological polar surface area (TPSA) is 69.4 Å². The van der Waals surface area contributed by atoms with Crippen LogP contribution >= 0.6 is 11.3 Å². The van der Waals surface area contributed by atoms with E-state index in [1.807, 2.05) is 30.3 Å². The molecule has 0 atom stereocenters. The van der Waals surface area contributed by atoms with E-state index in [0.717, 1.165) is 15.0 Å². The number of nitrogens with zero attached hydrogens (tertiary/aromatic N) is 1. The van der Waals surface area contributed by atoms with Gasteiger partial charge in [-0.25, -0.2) is 4.79 Å². The highest BCUT2D eigenvalue weighted by Gasteiger charge is 2.19. The number of esters is 1. The normalized spacial score (nSPS) is 10.6. The Balaban J connectivity index is 2.20. The summed E-state index contributed by atoms with van der Waals surface area (Å²) in [5.41, 5.74) is 0.701. The highest BCUT2D eigenvalue weighted by molar-refractivity contribution is 7.22. The van der Waals surface area contributed by atoms with Gasteiger partial charge in [-0.15, -0.1) is 11.3 Å². The van der Waals surface area contributed by atoms with Gasteiger partial charge in [-0.1, -0.05) is 18.2 Å². The summed E-state index contributed by atoms with van der Waals surface area (Å²) in [6.45, 7) is 0. The molecular weight excluding hydrogens is 302 g/mol. The second-order valence-electron chi connectivity index (χ2n) is 4.63. The summed E-state index contributed by atoms with van der Waals surface area (Å²) in [4.78, 5) is 23.2. The molecule has 1 heterocycles. The lowest BCUT2D eigenvalue weighted by Crippen LogP contribution is -2.04. The second kappa shape index (κ2) is 5.57. The van der Waals surface area contributed by atoms with E-state index in [9.17, 15) is 14.9 Å². The number of nitro groups is 1. The molecule has 22 heavy (non-hydrogen) atoms. The first kappa shape index (κ1) is 14.2. The van der Waals surface area contributed by atoms with Gasteiger partial charge in [0.05, 0.1) is 17.6 Å². The average molecular weight is 313 g/mol. The van der Waals surface area contributed by atoms with Crippen LogP contribution in [0.15, 0.2) is 48.5 Å². The van der Waals surface area contributed by atoms with E-state index in [0.29, 0.717) is 5.56 Å². The summed E-state index contributed by atoms with van der Waals surface area (Å²) < 4.78 is 5.84. The van der Waals surface area contributed by atoms with Gasteiger partial charge in [0.2, 0.25) is 0 Å². The van der Waals surface area contributed by atoms with Crippen molar-refractivity contribution in [1.29, 1.82) is 0 Å². The van der Waals surface area contributed by atoms with Crippen molar-refractivity contribution in [3.8, 4) is 10.4 Å². The van der Waals surface area contributed by atoms with Crippen LogP contribution in [0.5, 0.6) is 0 Å². The van der Waals surface area contributed by atoms with E-state index in [2.05, 4.69) is 0 Å². The third-order valence-corrected chi connectivity index (χ3v) is 4.46. The lowest BCUT2D eigenvalue weighted by atomic mass is 10.0. The van der Waals surface area contributed by atoms with Crippen LogP contribution < -0.4 is 0 Å². The molecule has 0 N–H and O–H groups in total. The van der Waals surface area contributed by atoms with Crippen molar-refractivity contribution in [2.45, 2.75) is 0 Å². The number of carbonyl (C=O) groups excluding carboxylic acids is 1. The summed E-state index contributed by atoms with van der Waals surface area (Å²) >= 11 is 1.53. The summed E-state index contributed by atoms with van der Waals surface area (Å²) in [7, 11) is 1.26. The maximum atomic E-state index is 12.0. The van der Waals surface area contributed by atoms with Gasteiger partial charge >= 0.3 is 5.97 Å². The SMILES string of the molecule is COC(=O)c1cc([N+](=O)[O-])ccc1-c1cc2ccccc2s1. The molecule has 2 aromatic carbocycles. The van der Waals surface area contributed by atoms with E-state index in [1.54, 1.807) is 6.07 Å². The van der Waals surface area contributed by atoms with Gasteiger partial charge in [-0.05, 0) is 23.6 Å². The van der Waals surface area contributed by atoms with E-state index in [1.165, 1.54) is 30.6 Å². The summed E-state index contributed by atoms with van der Waals surface area (Å²) in [5, 5.41) is 12.0. The lowest BCUT2D eigenvalue weighted by molar-refractivity contribution is -0.384. The minimum Gasteiger partial charge on any atom is -0.465 e. The number of hydrogen-bond acceptors (Lipinski definition) is 5. The van der Waals surface area contributed by atoms with E-state index < -0.39 is 10.9 Å². The minimum atomic E-state index is -0.587. The van der Waals surface area contributed by atoms with Crippen LogP contribution in [0.2, 0.25) is 0 Å². The molecule has 0 saturated carbocycles. The van der Waals surface area contributed by atoms with E-state index in [4.69, 9.17) is 4.74 Å². The van der Waals surface area contributed by atoms with Gasteiger partial charge < -0.3 is 4.74 Å². The Labute approximate surface area is 129 Å². The number of nitro benzene ring substituents is 1. The third-order valence-electron chi connectivity index (χ3n) is 3.31. The van der Waals surface area contributed by atoms with Crippen molar-refractivity contribution >= 4 is 33.1 Å². The van der Waals surface area contributed by atoms with Crippen LogP contribution in [-0.2, 0) is 4.74 Å². The zero-order chi connectivity index (χ0) is 15.7.